The highest BCUT2D eigenvalue weighted by atomic mass is 16.2. The van der Waals surface area contributed by atoms with Crippen molar-refractivity contribution in [1.82, 2.24) is 4.90 Å². The molecule has 1 amide bonds. The van der Waals surface area contributed by atoms with Crippen LogP contribution in [0.3, 0.4) is 0 Å². The average Bonchev–Trinajstić information content (AvgIpc) is 2.27. The fourth-order valence-corrected chi connectivity index (χ4v) is 1.69. The Hall–Kier alpha value is -1.64. The summed E-state index contributed by atoms with van der Waals surface area (Å²) >= 11 is 0. The summed E-state index contributed by atoms with van der Waals surface area (Å²) in [6.07, 6.45) is 0. The number of carbonyl (C=O) groups is 2. The lowest BCUT2D eigenvalue weighted by molar-refractivity contribution is -0.137. The van der Waals surface area contributed by atoms with Gasteiger partial charge in [-0.1, -0.05) is 50.6 Å². The molecule has 1 aromatic rings. The Morgan fingerprint density at radius 1 is 1.11 bits per heavy atom. The Balaban J connectivity index is 2.71. The minimum Gasteiger partial charge on any atom is -0.338 e. The number of likely N-dealkylation sites (N-methyl/N-ethyl adjacent to an activating group) is 1. The van der Waals surface area contributed by atoms with Crippen molar-refractivity contribution in [3.05, 3.63) is 35.4 Å². The Kier molecular flexibility index (Phi) is 4.28. The summed E-state index contributed by atoms with van der Waals surface area (Å²) < 4.78 is 0. The Bertz CT molecular complexity index is 441. The zero-order chi connectivity index (χ0) is 13.9. The number of rotatable bonds is 3. The molecule has 0 aromatic heterocycles. The van der Waals surface area contributed by atoms with Gasteiger partial charge in [0.05, 0.1) is 6.54 Å². The van der Waals surface area contributed by atoms with E-state index in [0.717, 1.165) is 5.56 Å². The van der Waals surface area contributed by atoms with Crippen molar-refractivity contribution in [2.24, 2.45) is 5.41 Å². The van der Waals surface area contributed by atoms with Crippen LogP contribution in [0.1, 0.15) is 36.7 Å². The molecule has 0 bridgehead atoms. The normalized spacial score (nSPS) is 11.2. The molecular formula is C15H21NO2. The Labute approximate surface area is 109 Å². The molecule has 0 saturated heterocycles. The van der Waals surface area contributed by atoms with Crippen molar-refractivity contribution in [1.29, 1.82) is 0 Å². The van der Waals surface area contributed by atoms with Crippen LogP contribution in [0.25, 0.3) is 0 Å². The van der Waals surface area contributed by atoms with Crippen molar-refractivity contribution in [2.75, 3.05) is 13.6 Å². The van der Waals surface area contributed by atoms with E-state index in [1.54, 1.807) is 19.2 Å². The van der Waals surface area contributed by atoms with Crippen LogP contribution in [0, 0.1) is 12.3 Å². The maximum Gasteiger partial charge on any atom is 0.228 e. The highest BCUT2D eigenvalue weighted by molar-refractivity contribution is 5.99. The molecule has 0 heterocycles. The predicted octanol–water partition coefficient (Wildman–Crippen LogP) is 2.68. The van der Waals surface area contributed by atoms with Gasteiger partial charge in [-0.25, -0.2) is 0 Å². The smallest absolute Gasteiger partial charge is 0.228 e. The molecule has 98 valence electrons. The molecule has 0 unspecified atom stereocenters. The van der Waals surface area contributed by atoms with Gasteiger partial charge in [0.1, 0.15) is 0 Å². The number of Topliss-reactive ketones (excluding diaryl/α,β-unsaturated/α-hetero) is 1. The lowest BCUT2D eigenvalue weighted by atomic mass is 9.94. The van der Waals surface area contributed by atoms with E-state index in [-0.39, 0.29) is 18.2 Å². The number of aryl methyl sites for hydroxylation is 1. The van der Waals surface area contributed by atoms with Gasteiger partial charge in [-0.3, -0.25) is 9.59 Å². The molecular weight excluding hydrogens is 226 g/mol. The van der Waals surface area contributed by atoms with Crippen molar-refractivity contribution < 1.29 is 9.59 Å². The van der Waals surface area contributed by atoms with Crippen LogP contribution in [0.4, 0.5) is 0 Å². The third-order valence-electron chi connectivity index (χ3n) is 2.74. The quantitative estimate of drug-likeness (QED) is 0.770. The van der Waals surface area contributed by atoms with Crippen LogP contribution in [0.15, 0.2) is 24.3 Å². The molecule has 18 heavy (non-hydrogen) atoms. The molecule has 0 N–H and O–H groups in total. The van der Waals surface area contributed by atoms with E-state index in [4.69, 9.17) is 0 Å². The molecule has 0 aliphatic heterocycles. The summed E-state index contributed by atoms with van der Waals surface area (Å²) in [5, 5.41) is 0. The highest BCUT2D eigenvalue weighted by Gasteiger charge is 2.26. The summed E-state index contributed by atoms with van der Waals surface area (Å²) in [7, 11) is 1.67. The number of ketones is 1. The Morgan fingerprint density at radius 2 is 1.61 bits per heavy atom. The summed E-state index contributed by atoms with van der Waals surface area (Å²) in [6, 6.07) is 7.40. The molecule has 1 aromatic carbocycles. The molecule has 0 aliphatic rings. The zero-order valence-corrected chi connectivity index (χ0v) is 11.8. The molecule has 0 spiro atoms. The molecule has 3 nitrogen and oxygen atoms in total. The largest absolute Gasteiger partial charge is 0.338 e. The molecule has 1 rings (SSSR count). The first-order valence-electron chi connectivity index (χ1n) is 6.07. The number of hydrogen-bond donors (Lipinski definition) is 0. The number of benzene rings is 1. The maximum absolute atomic E-state index is 12.0. The van der Waals surface area contributed by atoms with Crippen LogP contribution in [0.2, 0.25) is 0 Å². The summed E-state index contributed by atoms with van der Waals surface area (Å²) in [5.41, 5.74) is 1.31. The summed E-state index contributed by atoms with van der Waals surface area (Å²) in [6.45, 7) is 7.65. The van der Waals surface area contributed by atoms with E-state index in [9.17, 15) is 9.59 Å². The van der Waals surface area contributed by atoms with Gasteiger partial charge < -0.3 is 4.90 Å². The van der Waals surface area contributed by atoms with Crippen LogP contribution in [-0.4, -0.2) is 30.2 Å². The fourth-order valence-electron chi connectivity index (χ4n) is 1.69. The molecule has 0 saturated carbocycles. The van der Waals surface area contributed by atoms with Crippen LogP contribution in [-0.2, 0) is 4.79 Å². The first kappa shape index (κ1) is 14.4. The van der Waals surface area contributed by atoms with Gasteiger partial charge in [0, 0.05) is 18.0 Å². The number of hydrogen-bond acceptors (Lipinski definition) is 2. The number of carbonyl (C=O) groups excluding carboxylic acids is 2. The molecule has 0 atom stereocenters. The van der Waals surface area contributed by atoms with Gasteiger partial charge in [-0.05, 0) is 6.92 Å². The third kappa shape index (κ3) is 3.69. The van der Waals surface area contributed by atoms with Crippen molar-refractivity contribution >= 4 is 11.7 Å². The van der Waals surface area contributed by atoms with Crippen LogP contribution in [0.5, 0.6) is 0 Å². The zero-order valence-electron chi connectivity index (χ0n) is 11.8. The second kappa shape index (κ2) is 5.34. The SMILES string of the molecule is Cc1ccc(C(=O)CN(C)C(=O)C(C)(C)C)cc1. The maximum atomic E-state index is 12.0. The topological polar surface area (TPSA) is 37.4 Å². The minimum absolute atomic E-state index is 0.0250. The van der Waals surface area contributed by atoms with Gasteiger partial charge >= 0.3 is 0 Å². The number of amides is 1. The molecule has 0 aliphatic carbocycles. The highest BCUT2D eigenvalue weighted by Crippen LogP contribution is 2.16. The van der Waals surface area contributed by atoms with Crippen molar-refractivity contribution in [3.8, 4) is 0 Å². The summed E-state index contributed by atoms with van der Waals surface area (Å²) in [5.74, 6) is -0.0574. The van der Waals surface area contributed by atoms with E-state index >= 15 is 0 Å². The van der Waals surface area contributed by atoms with Gasteiger partial charge in [0.15, 0.2) is 5.78 Å². The lowest BCUT2D eigenvalue weighted by Crippen LogP contribution is -2.39. The third-order valence-corrected chi connectivity index (χ3v) is 2.74. The molecule has 3 heteroatoms. The van der Waals surface area contributed by atoms with E-state index in [1.165, 1.54) is 4.90 Å². The second-order valence-electron chi connectivity index (χ2n) is 5.70. The van der Waals surface area contributed by atoms with Crippen LogP contribution < -0.4 is 0 Å². The van der Waals surface area contributed by atoms with Crippen molar-refractivity contribution in [3.63, 3.8) is 0 Å². The number of nitrogens with zero attached hydrogens (tertiary/aromatic N) is 1. The van der Waals surface area contributed by atoms with Crippen LogP contribution >= 0.6 is 0 Å². The standard InChI is InChI=1S/C15H21NO2/c1-11-6-8-12(9-7-11)13(17)10-16(5)14(18)15(2,3)4/h6-9H,10H2,1-5H3. The van der Waals surface area contributed by atoms with Gasteiger partial charge in [0.2, 0.25) is 5.91 Å². The fraction of sp³-hybridized carbons (Fsp3) is 0.467. The summed E-state index contributed by atoms with van der Waals surface area (Å²) in [4.78, 5) is 25.5. The Morgan fingerprint density at radius 3 is 2.06 bits per heavy atom. The van der Waals surface area contributed by atoms with E-state index in [1.807, 2.05) is 39.8 Å². The van der Waals surface area contributed by atoms with E-state index < -0.39 is 5.41 Å². The van der Waals surface area contributed by atoms with E-state index in [2.05, 4.69) is 0 Å². The molecule has 0 radical (unpaired) electrons. The van der Waals surface area contributed by atoms with Gasteiger partial charge in [0.25, 0.3) is 0 Å². The van der Waals surface area contributed by atoms with Crippen molar-refractivity contribution in [2.45, 2.75) is 27.7 Å². The van der Waals surface area contributed by atoms with E-state index in [0.29, 0.717) is 5.56 Å². The first-order valence-corrected chi connectivity index (χ1v) is 6.07. The predicted molar refractivity (Wildman–Crippen MR) is 72.6 cm³/mol. The average molecular weight is 247 g/mol. The first-order chi connectivity index (χ1) is 8.21. The lowest BCUT2D eigenvalue weighted by Gasteiger charge is -2.25. The van der Waals surface area contributed by atoms with Gasteiger partial charge in [-0.2, -0.15) is 0 Å². The molecule has 0 fully saturated rings. The van der Waals surface area contributed by atoms with Gasteiger partial charge in [-0.15, -0.1) is 0 Å². The minimum atomic E-state index is -0.456. The monoisotopic (exact) mass is 247 g/mol. The second-order valence-corrected chi connectivity index (χ2v) is 5.70.